The lowest BCUT2D eigenvalue weighted by molar-refractivity contribution is 0.475. The second-order valence-corrected chi connectivity index (χ2v) is 1.56. The SMILES string of the molecule is Fc1nc[nH]c1F.O=S(F)F. The molecule has 0 atom stereocenters. The molecule has 3 nitrogen and oxygen atoms in total. The fourth-order valence-electron chi connectivity index (χ4n) is 0.262. The van der Waals surface area contributed by atoms with E-state index in [9.17, 15) is 16.6 Å². The highest BCUT2D eigenvalue weighted by molar-refractivity contribution is 7.74. The summed E-state index contributed by atoms with van der Waals surface area (Å²) in [5.74, 6) is -2.10. The van der Waals surface area contributed by atoms with Crippen LogP contribution < -0.4 is 0 Å². The van der Waals surface area contributed by atoms with Crippen LogP contribution in [0.3, 0.4) is 0 Å². The molecule has 1 aromatic heterocycles. The quantitative estimate of drug-likeness (QED) is 0.493. The van der Waals surface area contributed by atoms with Gasteiger partial charge in [0.15, 0.2) is 0 Å². The number of aromatic amines is 1. The van der Waals surface area contributed by atoms with E-state index in [1.807, 2.05) is 4.98 Å². The topological polar surface area (TPSA) is 45.8 Å². The highest BCUT2D eigenvalue weighted by atomic mass is 32.2. The van der Waals surface area contributed by atoms with Gasteiger partial charge in [-0.05, 0) is 0 Å². The minimum atomic E-state index is -3.61. The zero-order chi connectivity index (χ0) is 8.85. The van der Waals surface area contributed by atoms with Crippen molar-refractivity contribution in [2.75, 3.05) is 0 Å². The average Bonchev–Trinajstić information content (AvgIpc) is 2.15. The molecule has 64 valence electrons. The Morgan fingerprint density at radius 2 is 1.91 bits per heavy atom. The van der Waals surface area contributed by atoms with Crippen molar-refractivity contribution in [2.24, 2.45) is 0 Å². The van der Waals surface area contributed by atoms with Crippen LogP contribution >= 0.6 is 0 Å². The average molecular weight is 190 g/mol. The molecule has 0 spiro atoms. The molecule has 1 aromatic rings. The van der Waals surface area contributed by atoms with E-state index in [-0.39, 0.29) is 0 Å². The standard InChI is InChI=1S/C3H2F2N2.F2OS/c4-2-3(5)7-1-6-2;1-4(2)3/h1H,(H,6,7);. The highest BCUT2D eigenvalue weighted by Gasteiger charge is 1.98. The fourth-order valence-corrected chi connectivity index (χ4v) is 0.262. The van der Waals surface area contributed by atoms with Gasteiger partial charge in [0, 0.05) is 0 Å². The minimum absolute atomic E-state index is 0.949. The molecule has 0 saturated carbocycles. The molecule has 0 bridgehead atoms. The van der Waals surface area contributed by atoms with Gasteiger partial charge < -0.3 is 4.98 Å². The lowest BCUT2D eigenvalue weighted by Crippen LogP contribution is -1.75. The van der Waals surface area contributed by atoms with Crippen LogP contribution in [0.4, 0.5) is 16.6 Å². The fraction of sp³-hybridized carbons (Fsp3) is 0. The number of halogens is 4. The Bertz CT molecular complexity index is 218. The molecule has 8 heteroatoms. The first-order valence-corrected chi connectivity index (χ1v) is 3.07. The monoisotopic (exact) mass is 190 g/mol. The van der Waals surface area contributed by atoms with Crippen molar-refractivity contribution in [3.63, 3.8) is 0 Å². The molecule has 1 rings (SSSR count). The van der Waals surface area contributed by atoms with Crippen LogP contribution in [0.1, 0.15) is 0 Å². The number of aromatic nitrogens is 2. The van der Waals surface area contributed by atoms with Gasteiger partial charge in [-0.25, -0.2) is 4.98 Å². The Morgan fingerprint density at radius 1 is 1.45 bits per heavy atom. The predicted octanol–water partition coefficient (Wildman–Crippen LogP) is 1.19. The molecule has 0 aliphatic carbocycles. The number of nitrogens with one attached hydrogen (secondary N) is 1. The molecule has 0 saturated heterocycles. The first kappa shape index (κ1) is 10.1. The van der Waals surface area contributed by atoms with Crippen LogP contribution in [-0.2, 0) is 11.6 Å². The molecule has 0 radical (unpaired) electrons. The van der Waals surface area contributed by atoms with Crippen molar-refractivity contribution in [2.45, 2.75) is 0 Å². The second-order valence-electron chi connectivity index (χ2n) is 1.19. The van der Waals surface area contributed by atoms with E-state index in [1.165, 1.54) is 0 Å². The van der Waals surface area contributed by atoms with Crippen LogP contribution in [0.5, 0.6) is 0 Å². The highest BCUT2D eigenvalue weighted by Crippen LogP contribution is 1.93. The normalized spacial score (nSPS) is 9.18. The van der Waals surface area contributed by atoms with Crippen molar-refractivity contribution < 1.29 is 20.8 Å². The van der Waals surface area contributed by atoms with E-state index in [0.717, 1.165) is 6.33 Å². The Balaban J connectivity index is 0.000000218. The summed E-state index contributed by atoms with van der Waals surface area (Å²) in [7, 11) is 0. The maximum atomic E-state index is 11.6. The van der Waals surface area contributed by atoms with E-state index in [0.29, 0.717) is 0 Å². The third-order valence-electron chi connectivity index (χ3n) is 0.550. The summed E-state index contributed by atoms with van der Waals surface area (Å²) in [6.07, 6.45) is 0.949. The lowest BCUT2D eigenvalue weighted by Gasteiger charge is -1.69. The van der Waals surface area contributed by atoms with Crippen molar-refractivity contribution in [1.29, 1.82) is 0 Å². The van der Waals surface area contributed by atoms with E-state index >= 15 is 0 Å². The molecule has 0 fully saturated rings. The molecule has 0 aliphatic heterocycles. The molecule has 11 heavy (non-hydrogen) atoms. The van der Waals surface area contributed by atoms with Crippen LogP contribution in [0.25, 0.3) is 0 Å². The largest absolute Gasteiger partial charge is 0.385 e. The van der Waals surface area contributed by atoms with Crippen molar-refractivity contribution in [3.05, 3.63) is 18.2 Å². The van der Waals surface area contributed by atoms with Gasteiger partial charge in [-0.2, -0.15) is 13.0 Å². The van der Waals surface area contributed by atoms with Crippen LogP contribution in [0, 0.1) is 11.9 Å². The Labute approximate surface area is 61.5 Å². The summed E-state index contributed by atoms with van der Waals surface area (Å²) in [4.78, 5) is 4.83. The zero-order valence-corrected chi connectivity index (χ0v) is 5.67. The summed E-state index contributed by atoms with van der Waals surface area (Å²) >= 11 is -3.61. The van der Waals surface area contributed by atoms with E-state index in [1.54, 1.807) is 0 Å². The molecule has 1 heterocycles. The van der Waals surface area contributed by atoms with Crippen LogP contribution in [0.2, 0.25) is 0 Å². The third-order valence-corrected chi connectivity index (χ3v) is 0.550. The van der Waals surface area contributed by atoms with Crippen molar-refractivity contribution in [1.82, 2.24) is 9.97 Å². The number of imidazole rings is 1. The maximum Gasteiger partial charge on any atom is 0.385 e. The first-order chi connectivity index (χ1) is 5.04. The van der Waals surface area contributed by atoms with Gasteiger partial charge in [0.25, 0.3) is 5.95 Å². The Morgan fingerprint density at radius 3 is 2.00 bits per heavy atom. The maximum absolute atomic E-state index is 11.6. The van der Waals surface area contributed by atoms with Gasteiger partial charge in [-0.15, -0.1) is 0 Å². The smallest absolute Gasteiger partial charge is 0.319 e. The van der Waals surface area contributed by atoms with Gasteiger partial charge in [-0.1, -0.05) is 7.77 Å². The molecular formula is C3H2F4N2OS. The molecule has 0 aliphatic rings. The second kappa shape index (κ2) is 4.83. The van der Waals surface area contributed by atoms with E-state index < -0.39 is 23.5 Å². The summed E-state index contributed by atoms with van der Waals surface area (Å²) in [5, 5.41) is 0. The van der Waals surface area contributed by atoms with Gasteiger partial charge in [-0.3, -0.25) is 0 Å². The van der Waals surface area contributed by atoms with Gasteiger partial charge >= 0.3 is 11.6 Å². The molecule has 0 unspecified atom stereocenters. The van der Waals surface area contributed by atoms with Gasteiger partial charge in [0.2, 0.25) is 5.95 Å². The summed E-state index contributed by atoms with van der Waals surface area (Å²) in [6, 6.07) is 0. The summed E-state index contributed by atoms with van der Waals surface area (Å²) in [6.45, 7) is 0. The predicted molar refractivity (Wildman–Crippen MR) is 28.9 cm³/mol. The number of hydrogen-bond acceptors (Lipinski definition) is 2. The minimum Gasteiger partial charge on any atom is -0.319 e. The van der Waals surface area contributed by atoms with Crippen molar-refractivity contribution >= 4 is 11.6 Å². The first-order valence-electron chi connectivity index (χ1n) is 2.12. The zero-order valence-electron chi connectivity index (χ0n) is 4.85. The summed E-state index contributed by atoms with van der Waals surface area (Å²) < 4.78 is 51.0. The van der Waals surface area contributed by atoms with Crippen molar-refractivity contribution in [3.8, 4) is 0 Å². The third kappa shape index (κ3) is 5.52. The number of H-pyrrole nitrogens is 1. The molecule has 0 amide bonds. The van der Waals surface area contributed by atoms with Crippen LogP contribution in [-0.4, -0.2) is 14.2 Å². The number of hydrogen-bond donors (Lipinski definition) is 1. The Kier molecular flexibility index (Phi) is 4.42. The molecule has 1 N–H and O–H groups in total. The van der Waals surface area contributed by atoms with E-state index in [4.69, 9.17) is 4.21 Å². The lowest BCUT2D eigenvalue weighted by atomic mass is 10.9. The molecular weight excluding hydrogens is 188 g/mol. The number of nitrogens with zero attached hydrogens (tertiary/aromatic N) is 1. The van der Waals surface area contributed by atoms with Crippen LogP contribution in [0.15, 0.2) is 6.33 Å². The van der Waals surface area contributed by atoms with E-state index in [2.05, 4.69) is 4.98 Å². The van der Waals surface area contributed by atoms with Gasteiger partial charge in [0.05, 0.1) is 6.33 Å². The number of rotatable bonds is 0. The Hall–Kier alpha value is -0.920. The van der Waals surface area contributed by atoms with Gasteiger partial charge in [0.1, 0.15) is 0 Å². The molecule has 0 aromatic carbocycles. The summed E-state index contributed by atoms with van der Waals surface area (Å²) in [5.41, 5.74) is 0.